The first kappa shape index (κ1) is 86.6. The van der Waals surface area contributed by atoms with Gasteiger partial charge in [0.15, 0.2) is 0 Å². The minimum absolute atomic E-state index is 0.00634. The molecule has 15 heterocycles. The second kappa shape index (κ2) is 37.2. The van der Waals surface area contributed by atoms with Crippen LogP contribution in [0.25, 0.3) is 50.4 Å². The van der Waals surface area contributed by atoms with E-state index in [-0.39, 0.29) is 54.5 Å². The molecule has 0 bridgehead atoms. The lowest BCUT2D eigenvalue weighted by Crippen LogP contribution is -2.26. The zero-order chi connectivity index (χ0) is 78.6. The number of aliphatic hydroxyl groups is 3. The van der Waals surface area contributed by atoms with Crippen molar-refractivity contribution in [2.75, 3.05) is 13.2 Å². The van der Waals surface area contributed by atoms with Crippen LogP contribution in [-0.2, 0) is 50.5 Å². The summed E-state index contributed by atoms with van der Waals surface area (Å²) in [7, 11) is -16.4. The molecule has 0 spiro atoms. The normalized spacial score (nSPS) is 26.6. The number of nitrogens with zero attached hydrogens (tertiary/aromatic N) is 4. The Morgan fingerprint density at radius 2 is 0.843 bits per heavy atom. The van der Waals surface area contributed by atoms with Gasteiger partial charge in [0.05, 0.1) is 54.5 Å². The van der Waals surface area contributed by atoms with Gasteiger partial charge in [0.1, 0.15) is 56.6 Å². The molecule has 37 heteroatoms. The second-order valence-electron chi connectivity index (χ2n) is 27.2. The number of halogens is 1. The lowest BCUT2D eigenvalue weighted by molar-refractivity contribution is -0.0447. The molecule has 8 N–H and O–H groups in total. The number of fused-ring (bicyclic) bond motifs is 5. The van der Waals surface area contributed by atoms with Crippen molar-refractivity contribution in [2.24, 2.45) is 17.8 Å². The molecule has 5 aliphatic heterocycles. The number of hydrogen-bond acceptors (Lipinski definition) is 24. The summed E-state index contributed by atoms with van der Waals surface area (Å²) in [6, 6.07) is 20.1. The molecule has 108 heavy (non-hydrogen) atoms. The number of aromatic amines is 1. The predicted molar refractivity (Wildman–Crippen MR) is 435 cm³/mol. The van der Waals surface area contributed by atoms with E-state index in [1.54, 1.807) is 78.2 Å². The molecular formula is C71H91ClN5O20P3S8. The molecule has 5 aliphatic rings. The molecule has 0 aromatic carbocycles. The maximum atomic E-state index is 12.5. The Labute approximate surface area is 664 Å². The molecule has 0 saturated carbocycles. The lowest BCUT2D eigenvalue weighted by atomic mass is 10.0. The number of H-pyrrole nitrogens is 1. The molecule has 0 radical (unpaired) electrons. The number of aryl methyl sites for hydroxylation is 5. The molecule has 15 rings (SSSR count). The van der Waals surface area contributed by atoms with Gasteiger partial charge in [-0.3, -0.25) is 18.7 Å². The van der Waals surface area contributed by atoms with Crippen molar-refractivity contribution in [1.29, 1.82) is 0 Å². The molecule has 0 aliphatic carbocycles. The van der Waals surface area contributed by atoms with E-state index >= 15 is 0 Å². The molecule has 5 saturated heterocycles. The third kappa shape index (κ3) is 21.6. The van der Waals surface area contributed by atoms with Crippen LogP contribution in [0.15, 0.2) is 101 Å². The summed E-state index contributed by atoms with van der Waals surface area (Å²) in [5, 5.41) is 33.8. The van der Waals surface area contributed by atoms with E-state index in [0.29, 0.717) is 41.0 Å². The first-order chi connectivity index (χ1) is 51.0. The van der Waals surface area contributed by atoms with E-state index in [4.69, 9.17) is 91.7 Å². The van der Waals surface area contributed by atoms with Gasteiger partial charge < -0.3 is 77.3 Å². The molecule has 2 unspecified atom stereocenters. The fourth-order valence-corrected chi connectivity index (χ4v) is 22.9. The van der Waals surface area contributed by atoms with Gasteiger partial charge in [-0.1, -0.05) is 89.8 Å². The highest BCUT2D eigenvalue weighted by Gasteiger charge is 2.44. The summed E-state index contributed by atoms with van der Waals surface area (Å²) in [6.45, 7) is 22.4. The number of phosphoric ester groups is 1. The minimum Gasteiger partial charge on any atom is -0.394 e. The minimum atomic E-state index is -5.62. The number of pyridine rings is 5. The van der Waals surface area contributed by atoms with E-state index in [1.807, 2.05) is 80.2 Å². The molecule has 17 atom stereocenters. The highest BCUT2D eigenvalue weighted by Crippen LogP contribution is 2.66. The zero-order valence-electron chi connectivity index (χ0n) is 61.1. The number of hydrogen-bond donors (Lipinski definition) is 8. The van der Waals surface area contributed by atoms with Crippen LogP contribution in [0.4, 0.5) is 0 Å². The fourth-order valence-electron chi connectivity index (χ4n) is 13.7. The number of phosphoric acid groups is 3. The topological polar surface area (TPSA) is 336 Å². The van der Waals surface area contributed by atoms with E-state index in [2.05, 4.69) is 102 Å². The van der Waals surface area contributed by atoms with Crippen LogP contribution in [-0.4, -0.2) is 120 Å². The SMILES string of the molecule is CC[C@H]1O[C@@H](Cl)C[C@H]1C.CC[C@H]1O[C@@H](n2ccc3sc(C)cc3c2=O)C[C@H]1C.CC[C@H]1O[C@@H](n2ccc3sc(C)cc3c2=S)C[C@H]1C.Cc1cc2c(=O)[nH]ccc2s1.Cc1cc2c(=S)n([C@H]3C[C@@H](O)[C@@H](CO)O3)ccc2s1.Cc1cc2c(=S)n([C@H]3C[C@@H](O)[C@@H](COP(=O)(O)OP(=O)(O)OP(=O)(O)O)O3)ccc2s1. The molecule has 25 nitrogen and oxygen atoms in total. The van der Waals surface area contributed by atoms with Crippen molar-refractivity contribution < 1.29 is 85.4 Å². The number of rotatable bonds is 15. The van der Waals surface area contributed by atoms with Gasteiger partial charge in [-0.2, -0.15) is 8.62 Å². The van der Waals surface area contributed by atoms with Crippen molar-refractivity contribution in [2.45, 2.75) is 201 Å². The quantitative estimate of drug-likeness (QED) is 0.0268. The van der Waals surface area contributed by atoms with E-state index in [0.717, 1.165) is 93.0 Å². The number of alkyl halides is 1. The third-order valence-corrected chi connectivity index (χ3v) is 29.4. The van der Waals surface area contributed by atoms with Crippen molar-refractivity contribution in [3.05, 3.63) is 151 Å². The van der Waals surface area contributed by atoms with E-state index < -0.39 is 60.7 Å². The monoisotopic (exact) mass is 1720 g/mol. The smallest absolute Gasteiger partial charge is 0.394 e. The number of ether oxygens (including phenoxy) is 5. The van der Waals surface area contributed by atoms with Gasteiger partial charge in [0, 0.05) is 108 Å². The van der Waals surface area contributed by atoms with Crippen LogP contribution in [0.1, 0.15) is 142 Å². The summed E-state index contributed by atoms with van der Waals surface area (Å²) >= 11 is 30.8. The summed E-state index contributed by atoms with van der Waals surface area (Å²) in [6.07, 6.45) is 12.6. The number of aliphatic hydroxyl groups excluding tert-OH is 3. The highest BCUT2D eigenvalue weighted by atomic mass is 35.5. The van der Waals surface area contributed by atoms with E-state index in [1.165, 1.54) is 29.6 Å². The Morgan fingerprint density at radius 3 is 1.22 bits per heavy atom. The van der Waals surface area contributed by atoms with Gasteiger partial charge in [-0.25, -0.2) is 13.7 Å². The first-order valence-electron chi connectivity index (χ1n) is 35.2. The van der Waals surface area contributed by atoms with Crippen LogP contribution < -0.4 is 11.1 Å². The average molecular weight is 1720 g/mol. The Morgan fingerprint density at radius 1 is 0.491 bits per heavy atom. The Bertz CT molecular complexity index is 4980. The number of nitrogens with one attached hydrogen (secondary N) is 1. The predicted octanol–water partition coefficient (Wildman–Crippen LogP) is 18.2. The molecule has 10 aromatic heterocycles. The molecular weight excluding hydrogens is 1630 g/mol. The maximum absolute atomic E-state index is 12.5. The van der Waals surface area contributed by atoms with Crippen molar-refractivity contribution >= 4 is 179 Å². The third-order valence-electron chi connectivity index (χ3n) is 19.0. The summed E-state index contributed by atoms with van der Waals surface area (Å²) < 4.78 is 89.5. The summed E-state index contributed by atoms with van der Waals surface area (Å²) in [4.78, 5) is 68.0. The van der Waals surface area contributed by atoms with Gasteiger partial charge in [0.25, 0.3) is 11.1 Å². The Balaban J connectivity index is 0.000000144. The van der Waals surface area contributed by atoms with Gasteiger partial charge in [0.2, 0.25) is 0 Å². The van der Waals surface area contributed by atoms with Gasteiger partial charge in [-0.05, 0) is 152 Å². The van der Waals surface area contributed by atoms with Crippen LogP contribution in [0.2, 0.25) is 0 Å². The van der Waals surface area contributed by atoms with Crippen molar-refractivity contribution in [3.63, 3.8) is 0 Å². The van der Waals surface area contributed by atoms with Gasteiger partial charge >= 0.3 is 23.5 Å². The average Bonchev–Trinajstić information content (AvgIpc) is 1.64. The van der Waals surface area contributed by atoms with Crippen LogP contribution in [0, 0.1) is 66.3 Å². The fraction of sp³-hybridized carbons (Fsp3) is 0.507. The highest BCUT2D eigenvalue weighted by molar-refractivity contribution is 7.72. The van der Waals surface area contributed by atoms with E-state index in [9.17, 15) is 38.4 Å². The molecule has 590 valence electrons. The maximum Gasteiger partial charge on any atom is 0.490 e. The van der Waals surface area contributed by atoms with Crippen molar-refractivity contribution in [3.8, 4) is 0 Å². The second-order valence-corrected chi connectivity index (χ2v) is 39.7. The summed E-state index contributed by atoms with van der Waals surface area (Å²) in [5.41, 5.74) is 0.0626. The molecule has 10 aromatic rings. The number of thiophene rings is 5. The van der Waals surface area contributed by atoms with Crippen LogP contribution in [0.3, 0.4) is 0 Å². The first-order valence-corrected chi connectivity index (χ1v) is 45.4. The standard InChI is InChI=1S/C15H19NO2S.C15H19NOS2.C13H18NO12P3S2.C13H15NO3S2.C8H7NOS.C7H13ClO/c1-4-12-9(2)7-14(18-12)16-6-5-13-11(15(16)17)8-10(3)19-13;1-4-12-9(2)7-14(17-12)16-6-5-13-11(15(16)18)8-10(3)19-13;1-7-4-8-11(31-7)2-3-14(13(8)30)12-5-9(15)10(24-12)6-23-28(19,20)26-29(21,22)25-27(16,17)18;1-7-4-8-11(19-7)2-3-14(13(8)18)12-5-9(16)10(6-15)17-12;1-5-4-6-7(11-5)2-3-9-8(6)10;1-3-6-5(2)4-7(8)9-6/h2*5-6,8-9,12,14H,4,7H2,1-3H3;2-4,9-10,12,15H,5-6H2,1H3,(H,19,20)(H,21,22)(H2,16,17,18);2-4,9-10,12,15-16H,5-6H2,1H3;2-4H,1H3,(H,9,10);5-7H,3-4H2,1-2H3/t2*9-,12-,14-;2*9-,10-,12-;;5-,6-,7-/m1111.1/s1. The zero-order valence-corrected chi connectivity index (χ0v) is 71.1. The molecule has 0 amide bonds. The number of aromatic nitrogens is 5. The van der Waals surface area contributed by atoms with Crippen molar-refractivity contribution in [1.82, 2.24) is 23.3 Å². The lowest BCUT2D eigenvalue weighted by Gasteiger charge is -2.19. The van der Waals surface area contributed by atoms with Gasteiger partial charge in [-0.15, -0.1) is 56.7 Å². The Hall–Kier alpha value is -3.81. The Kier molecular flexibility index (Phi) is 29.8. The van der Waals surface area contributed by atoms with Crippen LogP contribution in [0.5, 0.6) is 0 Å². The molecule has 5 fully saturated rings. The van der Waals surface area contributed by atoms with Crippen LogP contribution >= 0.6 is 128 Å². The summed E-state index contributed by atoms with van der Waals surface area (Å²) in [5.74, 6) is 1.77. The largest absolute Gasteiger partial charge is 0.490 e.